The number of aromatic amines is 2. The largest absolute Gasteiger partial charge is 0.465 e. The minimum absolute atomic E-state index is 0.185. The normalized spacial score (nSPS) is 18.7. The van der Waals surface area contributed by atoms with Gasteiger partial charge in [-0.05, 0) is 49.7 Å². The fraction of sp³-hybridized carbons (Fsp3) is 0.436. The van der Waals surface area contributed by atoms with Gasteiger partial charge in [0.15, 0.2) is 0 Å². The van der Waals surface area contributed by atoms with Crippen LogP contribution in [-0.2, 0) is 19.1 Å². The fourth-order valence-corrected chi connectivity index (χ4v) is 7.36. The van der Waals surface area contributed by atoms with Crippen molar-refractivity contribution in [2.24, 2.45) is 5.92 Å². The number of benzene rings is 2. The molecule has 0 aliphatic carbocycles. The van der Waals surface area contributed by atoms with Gasteiger partial charge in [-0.1, -0.05) is 62.4 Å². The second kappa shape index (κ2) is 16.5. The average Bonchev–Trinajstić information content (AvgIpc) is 4.02. The Balaban J connectivity index is 1.11. The highest BCUT2D eigenvalue weighted by molar-refractivity contribution is 5.87. The maximum absolute atomic E-state index is 13.6. The number of methoxy groups -OCH3 is 2. The molecule has 2 aliphatic rings. The van der Waals surface area contributed by atoms with Gasteiger partial charge in [-0.15, -0.1) is 0 Å². The van der Waals surface area contributed by atoms with E-state index in [0.717, 1.165) is 59.3 Å². The third-order valence-electron chi connectivity index (χ3n) is 10.4. The quantitative estimate of drug-likeness (QED) is 0.124. The van der Waals surface area contributed by atoms with Crippen molar-refractivity contribution < 1.29 is 33.8 Å². The van der Waals surface area contributed by atoms with E-state index in [1.54, 1.807) is 29.1 Å². The third-order valence-corrected chi connectivity index (χ3v) is 10.4. The lowest BCUT2D eigenvalue weighted by atomic mass is 10.0. The van der Waals surface area contributed by atoms with E-state index < -0.39 is 30.4 Å². The Kier molecular flexibility index (Phi) is 11.6. The van der Waals surface area contributed by atoms with Crippen LogP contribution >= 0.6 is 0 Å². The second-order valence-corrected chi connectivity index (χ2v) is 14.1. The van der Waals surface area contributed by atoms with Gasteiger partial charge in [0, 0.05) is 31.3 Å². The zero-order valence-electron chi connectivity index (χ0n) is 31.2. The number of carboxylic acid groups (broad SMARTS) is 1. The van der Waals surface area contributed by atoms with Crippen LogP contribution < -0.4 is 10.6 Å². The molecule has 15 nitrogen and oxygen atoms in total. The Hall–Kier alpha value is -5.70. The second-order valence-electron chi connectivity index (χ2n) is 14.1. The Morgan fingerprint density at radius 1 is 0.722 bits per heavy atom. The van der Waals surface area contributed by atoms with Crippen LogP contribution in [0, 0.1) is 5.92 Å². The SMILES string of the molecule is COC(=O)NC(C(=O)N1CCCC1c1cnc(-c2ccc(-c3ccc(-c4ncc(C5CCCN5C(=O)C(NC(=O)O)C(C)C)[nH]4)cc3)cc2)[nH]1)C(C)OC. The van der Waals surface area contributed by atoms with Gasteiger partial charge < -0.3 is 45.0 Å². The molecule has 2 saturated heterocycles. The summed E-state index contributed by atoms with van der Waals surface area (Å²) in [5.41, 5.74) is 5.49. The number of alkyl carbamates (subject to hydrolysis) is 1. The van der Waals surface area contributed by atoms with Crippen molar-refractivity contribution >= 4 is 24.0 Å². The minimum atomic E-state index is -1.21. The molecule has 54 heavy (non-hydrogen) atoms. The summed E-state index contributed by atoms with van der Waals surface area (Å²) in [5, 5.41) is 14.3. The summed E-state index contributed by atoms with van der Waals surface area (Å²) in [6.45, 7) is 6.50. The predicted octanol–water partition coefficient (Wildman–Crippen LogP) is 5.51. The predicted molar refractivity (Wildman–Crippen MR) is 200 cm³/mol. The molecule has 15 heteroatoms. The summed E-state index contributed by atoms with van der Waals surface area (Å²) in [4.78, 5) is 69.9. The molecule has 0 saturated carbocycles. The molecule has 4 amide bonds. The topological polar surface area (TPSA) is 195 Å². The first kappa shape index (κ1) is 38.0. The van der Waals surface area contributed by atoms with Crippen LogP contribution in [0.5, 0.6) is 0 Å². The first-order valence-electron chi connectivity index (χ1n) is 18.3. The smallest absolute Gasteiger partial charge is 0.407 e. The van der Waals surface area contributed by atoms with Gasteiger partial charge in [-0.3, -0.25) is 9.59 Å². The van der Waals surface area contributed by atoms with Crippen LogP contribution in [0.2, 0.25) is 0 Å². The molecule has 2 aromatic carbocycles. The average molecular weight is 741 g/mol. The highest BCUT2D eigenvalue weighted by atomic mass is 16.5. The lowest BCUT2D eigenvalue weighted by Crippen LogP contribution is -2.54. The number of carbonyl (C=O) groups is 4. The number of hydrogen-bond donors (Lipinski definition) is 5. The maximum Gasteiger partial charge on any atom is 0.407 e. The first-order valence-corrected chi connectivity index (χ1v) is 18.3. The highest BCUT2D eigenvalue weighted by Gasteiger charge is 2.39. The van der Waals surface area contributed by atoms with Crippen molar-refractivity contribution in [3.05, 3.63) is 72.3 Å². The highest BCUT2D eigenvalue weighted by Crippen LogP contribution is 2.35. The van der Waals surface area contributed by atoms with Crippen LogP contribution in [0.1, 0.15) is 69.9 Å². The fourth-order valence-electron chi connectivity index (χ4n) is 7.36. The summed E-state index contributed by atoms with van der Waals surface area (Å²) < 4.78 is 10.1. The Labute approximate surface area is 313 Å². The van der Waals surface area contributed by atoms with Gasteiger partial charge in [-0.2, -0.15) is 0 Å². The van der Waals surface area contributed by atoms with Crippen LogP contribution in [-0.4, -0.2) is 104 Å². The number of carbonyl (C=O) groups excluding carboxylic acids is 3. The van der Waals surface area contributed by atoms with Crippen LogP contribution in [0.15, 0.2) is 60.9 Å². The van der Waals surface area contributed by atoms with Gasteiger partial charge >= 0.3 is 12.2 Å². The van der Waals surface area contributed by atoms with E-state index in [1.165, 1.54) is 14.2 Å². The number of H-pyrrole nitrogens is 2. The first-order chi connectivity index (χ1) is 26.0. The van der Waals surface area contributed by atoms with Crippen molar-refractivity contribution in [2.45, 2.75) is 76.7 Å². The van der Waals surface area contributed by atoms with Gasteiger partial charge in [0.05, 0.1) is 49.1 Å². The third kappa shape index (κ3) is 8.10. The Bertz CT molecular complexity index is 1940. The van der Waals surface area contributed by atoms with Crippen molar-refractivity contribution in [1.82, 2.24) is 40.4 Å². The molecule has 0 radical (unpaired) electrons. The van der Waals surface area contributed by atoms with Crippen LogP contribution in [0.25, 0.3) is 33.9 Å². The number of imidazole rings is 2. The monoisotopic (exact) mass is 740 g/mol. The van der Waals surface area contributed by atoms with Crippen molar-refractivity contribution in [2.75, 3.05) is 27.3 Å². The summed E-state index contributed by atoms with van der Waals surface area (Å²) >= 11 is 0. The molecule has 5 N–H and O–H groups in total. The van der Waals surface area contributed by atoms with E-state index in [9.17, 15) is 24.3 Å². The molecule has 2 aliphatic heterocycles. The Morgan fingerprint density at radius 3 is 1.57 bits per heavy atom. The number of rotatable bonds is 12. The molecular weight excluding hydrogens is 692 g/mol. The van der Waals surface area contributed by atoms with Gasteiger partial charge in [0.25, 0.3) is 0 Å². The molecule has 5 atom stereocenters. The van der Waals surface area contributed by atoms with E-state index in [1.807, 2.05) is 62.4 Å². The lowest BCUT2D eigenvalue weighted by molar-refractivity contribution is -0.137. The van der Waals surface area contributed by atoms with Crippen LogP contribution in [0.3, 0.4) is 0 Å². The van der Waals surface area contributed by atoms with E-state index in [4.69, 9.17) is 9.47 Å². The van der Waals surface area contributed by atoms with Gasteiger partial charge in [0.2, 0.25) is 11.8 Å². The number of nitrogens with one attached hydrogen (secondary N) is 4. The molecule has 5 unspecified atom stereocenters. The van der Waals surface area contributed by atoms with Crippen LogP contribution in [0.4, 0.5) is 9.59 Å². The number of nitrogens with zero attached hydrogens (tertiary/aromatic N) is 4. The molecule has 6 rings (SSSR count). The molecule has 286 valence electrons. The van der Waals surface area contributed by atoms with Crippen molar-refractivity contribution in [3.63, 3.8) is 0 Å². The summed E-state index contributed by atoms with van der Waals surface area (Å²) in [6.07, 6.45) is 4.24. The maximum atomic E-state index is 13.6. The molecule has 0 bridgehead atoms. The van der Waals surface area contributed by atoms with Crippen molar-refractivity contribution in [3.8, 4) is 33.9 Å². The zero-order valence-corrected chi connectivity index (χ0v) is 31.2. The molecule has 4 heterocycles. The molecular formula is C39H48N8O7. The lowest BCUT2D eigenvalue weighted by Gasteiger charge is -2.30. The minimum Gasteiger partial charge on any atom is -0.465 e. The number of aromatic nitrogens is 4. The number of amides is 4. The van der Waals surface area contributed by atoms with Gasteiger partial charge in [0.1, 0.15) is 23.7 Å². The number of ether oxygens (including phenoxy) is 2. The zero-order chi connectivity index (χ0) is 38.5. The number of likely N-dealkylation sites (tertiary alicyclic amines) is 2. The summed E-state index contributed by atoms with van der Waals surface area (Å²) in [7, 11) is 2.75. The molecule has 0 spiro atoms. The Morgan fingerprint density at radius 2 is 1.17 bits per heavy atom. The molecule has 4 aromatic rings. The summed E-state index contributed by atoms with van der Waals surface area (Å²) in [5.74, 6) is 0.731. The van der Waals surface area contributed by atoms with E-state index >= 15 is 0 Å². The molecule has 2 aromatic heterocycles. The number of hydrogen-bond acceptors (Lipinski definition) is 8. The van der Waals surface area contributed by atoms with E-state index in [-0.39, 0.29) is 29.8 Å². The molecule has 2 fully saturated rings. The standard InChI is InChI=1S/C39H48N8O7/c1-22(2)32(44-38(50)51)36(48)46-18-6-8-30(46)28-20-40-34(42-28)26-14-10-24(11-15-26)25-12-16-27(17-13-25)35-41-21-29(43-35)31-9-7-19-47(31)37(49)33(23(3)53-4)45-39(52)54-5/h10-17,20-23,30-33,44H,6-9,18-19H2,1-5H3,(H,40,42)(H,41,43)(H,45,52)(H,50,51). The summed E-state index contributed by atoms with van der Waals surface area (Å²) in [6, 6.07) is 14.0. The van der Waals surface area contributed by atoms with E-state index in [2.05, 4.69) is 30.6 Å². The van der Waals surface area contributed by atoms with E-state index in [0.29, 0.717) is 24.7 Å². The van der Waals surface area contributed by atoms with Crippen molar-refractivity contribution in [1.29, 1.82) is 0 Å². The van der Waals surface area contributed by atoms with Gasteiger partial charge in [-0.25, -0.2) is 19.6 Å².